The second kappa shape index (κ2) is 8.03. The molecule has 2 heterocycles. The van der Waals surface area contributed by atoms with Crippen molar-refractivity contribution in [1.29, 1.82) is 0 Å². The number of ether oxygens (including phenoxy) is 2. The largest absolute Gasteiger partial charge is 0.489 e. The molecule has 2 aromatic rings. The van der Waals surface area contributed by atoms with Gasteiger partial charge in [-0.1, -0.05) is 23.7 Å². The highest BCUT2D eigenvalue weighted by Crippen LogP contribution is 2.27. The Kier molecular flexibility index (Phi) is 5.78. The Bertz CT molecular complexity index is 806. The predicted molar refractivity (Wildman–Crippen MR) is 95.6 cm³/mol. The highest BCUT2D eigenvalue weighted by Gasteiger charge is 2.19. The summed E-state index contributed by atoms with van der Waals surface area (Å²) in [6, 6.07) is 9.73. The molecule has 1 saturated heterocycles. The van der Waals surface area contributed by atoms with Crippen molar-refractivity contribution in [2.75, 3.05) is 17.9 Å². The van der Waals surface area contributed by atoms with E-state index in [-0.39, 0.29) is 16.2 Å². The van der Waals surface area contributed by atoms with Gasteiger partial charge in [0.05, 0.1) is 11.8 Å². The van der Waals surface area contributed by atoms with Crippen molar-refractivity contribution in [2.45, 2.75) is 30.3 Å². The number of hydrogen-bond donors (Lipinski definition) is 1. The standard InChI is InChI=1S/C17H19ClN2O4S/c18-17-9-8-14(11-19-17)25(21,22)20-15-6-1-2-7-16(15)24-12-13-5-3-4-10-23-13/h1-2,6-9,11,13,20H,3-5,10,12H2/t13-/m0/s1. The van der Waals surface area contributed by atoms with E-state index in [9.17, 15) is 8.42 Å². The van der Waals surface area contributed by atoms with Crippen molar-refractivity contribution < 1.29 is 17.9 Å². The molecule has 0 bridgehead atoms. The number of nitrogens with one attached hydrogen (secondary N) is 1. The summed E-state index contributed by atoms with van der Waals surface area (Å²) in [5, 5.41) is 0.232. The SMILES string of the molecule is O=S(=O)(Nc1ccccc1OC[C@@H]1CCCCO1)c1ccc(Cl)nc1. The zero-order valence-electron chi connectivity index (χ0n) is 13.5. The number of rotatable bonds is 6. The normalized spacial score (nSPS) is 17.9. The number of halogens is 1. The summed E-state index contributed by atoms with van der Waals surface area (Å²) in [6.45, 7) is 1.13. The van der Waals surface area contributed by atoms with Crippen LogP contribution in [0.1, 0.15) is 19.3 Å². The van der Waals surface area contributed by atoms with Crippen LogP contribution >= 0.6 is 11.6 Å². The minimum Gasteiger partial charge on any atom is -0.489 e. The number of benzene rings is 1. The molecule has 6 nitrogen and oxygen atoms in total. The molecule has 0 saturated carbocycles. The van der Waals surface area contributed by atoms with Gasteiger partial charge in [0.15, 0.2) is 0 Å². The van der Waals surface area contributed by atoms with Crippen LogP contribution in [0.25, 0.3) is 0 Å². The van der Waals surface area contributed by atoms with E-state index in [1.165, 1.54) is 18.3 Å². The summed E-state index contributed by atoms with van der Waals surface area (Å²) in [5.41, 5.74) is 0.369. The molecule has 1 atom stereocenters. The lowest BCUT2D eigenvalue weighted by Gasteiger charge is -2.23. The van der Waals surface area contributed by atoms with Crippen LogP contribution in [0.4, 0.5) is 5.69 Å². The van der Waals surface area contributed by atoms with E-state index in [1.807, 2.05) is 0 Å². The molecule has 0 aliphatic carbocycles. The molecule has 1 aromatic carbocycles. The Morgan fingerprint density at radius 3 is 2.80 bits per heavy atom. The van der Waals surface area contributed by atoms with Gasteiger partial charge in [0.25, 0.3) is 10.0 Å². The molecular weight excluding hydrogens is 364 g/mol. The molecule has 0 radical (unpaired) electrons. The number of para-hydroxylation sites is 2. The Labute approximate surface area is 152 Å². The quantitative estimate of drug-likeness (QED) is 0.774. The third-order valence-corrected chi connectivity index (χ3v) is 5.41. The van der Waals surface area contributed by atoms with Gasteiger partial charge in [-0.15, -0.1) is 0 Å². The van der Waals surface area contributed by atoms with Gasteiger partial charge in [0.2, 0.25) is 0 Å². The van der Waals surface area contributed by atoms with E-state index < -0.39 is 10.0 Å². The first kappa shape index (κ1) is 18.0. The van der Waals surface area contributed by atoms with Crippen molar-refractivity contribution >= 4 is 27.3 Å². The maximum absolute atomic E-state index is 12.5. The minimum absolute atomic E-state index is 0.0299. The van der Waals surface area contributed by atoms with Crippen LogP contribution in [0.15, 0.2) is 47.5 Å². The van der Waals surface area contributed by atoms with Gasteiger partial charge < -0.3 is 9.47 Å². The van der Waals surface area contributed by atoms with E-state index in [4.69, 9.17) is 21.1 Å². The molecule has 1 fully saturated rings. The molecule has 0 unspecified atom stereocenters. The van der Waals surface area contributed by atoms with E-state index in [0.29, 0.717) is 18.0 Å². The first-order valence-corrected chi connectivity index (χ1v) is 9.88. The third kappa shape index (κ3) is 4.84. The lowest BCUT2D eigenvalue weighted by atomic mass is 10.1. The predicted octanol–water partition coefficient (Wildman–Crippen LogP) is 3.48. The average Bonchev–Trinajstić information content (AvgIpc) is 2.62. The van der Waals surface area contributed by atoms with Crippen LogP contribution in [0.5, 0.6) is 5.75 Å². The molecule has 1 N–H and O–H groups in total. The molecule has 0 amide bonds. The van der Waals surface area contributed by atoms with Crippen LogP contribution in [0.2, 0.25) is 5.15 Å². The van der Waals surface area contributed by atoms with E-state index in [2.05, 4.69) is 9.71 Å². The van der Waals surface area contributed by atoms with Crippen molar-refractivity contribution in [2.24, 2.45) is 0 Å². The lowest BCUT2D eigenvalue weighted by molar-refractivity contribution is -0.0109. The van der Waals surface area contributed by atoms with Crippen LogP contribution in [-0.4, -0.2) is 32.7 Å². The summed E-state index contributed by atoms with van der Waals surface area (Å²) < 4.78 is 39.0. The number of hydrogen-bond acceptors (Lipinski definition) is 5. The summed E-state index contributed by atoms with van der Waals surface area (Å²) in [6.07, 6.45) is 4.39. The zero-order chi connectivity index (χ0) is 17.7. The molecule has 134 valence electrons. The smallest absolute Gasteiger partial charge is 0.263 e. The first-order chi connectivity index (χ1) is 12.0. The van der Waals surface area contributed by atoms with Gasteiger partial charge in [-0.3, -0.25) is 4.72 Å². The van der Waals surface area contributed by atoms with Gasteiger partial charge in [-0.2, -0.15) is 0 Å². The van der Waals surface area contributed by atoms with Gasteiger partial charge in [-0.25, -0.2) is 13.4 Å². The second-order valence-corrected chi connectivity index (χ2v) is 7.79. The van der Waals surface area contributed by atoms with Crippen molar-refractivity contribution in [3.8, 4) is 5.75 Å². The van der Waals surface area contributed by atoms with Gasteiger partial charge in [0, 0.05) is 12.8 Å². The Morgan fingerprint density at radius 2 is 2.08 bits per heavy atom. The number of pyridine rings is 1. The summed E-state index contributed by atoms with van der Waals surface area (Å²) >= 11 is 5.70. The lowest BCUT2D eigenvalue weighted by Crippen LogP contribution is -2.26. The molecule has 1 aliphatic heterocycles. The fourth-order valence-electron chi connectivity index (χ4n) is 2.52. The summed E-state index contributed by atoms with van der Waals surface area (Å²) in [7, 11) is -3.78. The average molecular weight is 383 g/mol. The highest BCUT2D eigenvalue weighted by molar-refractivity contribution is 7.92. The molecule has 0 spiro atoms. The summed E-state index contributed by atoms with van der Waals surface area (Å²) in [4.78, 5) is 3.84. The molecule has 3 rings (SSSR count). The second-order valence-electron chi connectivity index (χ2n) is 5.72. The Hall–Kier alpha value is -1.83. The van der Waals surface area contributed by atoms with E-state index in [1.54, 1.807) is 24.3 Å². The zero-order valence-corrected chi connectivity index (χ0v) is 15.1. The molecule has 1 aliphatic rings. The minimum atomic E-state index is -3.78. The van der Waals surface area contributed by atoms with Gasteiger partial charge >= 0.3 is 0 Å². The Morgan fingerprint density at radius 1 is 1.24 bits per heavy atom. The fourth-order valence-corrected chi connectivity index (χ4v) is 3.65. The fraction of sp³-hybridized carbons (Fsp3) is 0.353. The van der Waals surface area contributed by atoms with Crippen molar-refractivity contribution in [3.63, 3.8) is 0 Å². The summed E-state index contributed by atoms with van der Waals surface area (Å²) in [5.74, 6) is 0.460. The number of aromatic nitrogens is 1. The van der Waals surface area contributed by atoms with Crippen LogP contribution in [0, 0.1) is 0 Å². The Balaban J connectivity index is 1.72. The van der Waals surface area contributed by atoms with Gasteiger partial charge in [-0.05, 0) is 43.5 Å². The highest BCUT2D eigenvalue weighted by atomic mass is 35.5. The molecule has 1 aromatic heterocycles. The maximum atomic E-state index is 12.5. The third-order valence-electron chi connectivity index (χ3n) is 3.84. The maximum Gasteiger partial charge on any atom is 0.263 e. The number of anilines is 1. The van der Waals surface area contributed by atoms with E-state index in [0.717, 1.165) is 25.9 Å². The van der Waals surface area contributed by atoms with Gasteiger partial charge in [0.1, 0.15) is 22.4 Å². The molecule has 8 heteroatoms. The van der Waals surface area contributed by atoms with Crippen LogP contribution in [0.3, 0.4) is 0 Å². The van der Waals surface area contributed by atoms with E-state index >= 15 is 0 Å². The first-order valence-electron chi connectivity index (χ1n) is 8.02. The topological polar surface area (TPSA) is 77.5 Å². The number of sulfonamides is 1. The number of nitrogens with zero attached hydrogens (tertiary/aromatic N) is 1. The van der Waals surface area contributed by atoms with Crippen LogP contribution < -0.4 is 9.46 Å². The van der Waals surface area contributed by atoms with Crippen LogP contribution in [-0.2, 0) is 14.8 Å². The molecule has 25 heavy (non-hydrogen) atoms. The monoisotopic (exact) mass is 382 g/mol. The van der Waals surface area contributed by atoms with Crippen molar-refractivity contribution in [3.05, 3.63) is 47.7 Å². The molecular formula is C17H19ClN2O4S. The van der Waals surface area contributed by atoms with Crippen molar-refractivity contribution in [1.82, 2.24) is 4.98 Å².